The summed E-state index contributed by atoms with van der Waals surface area (Å²) in [7, 11) is 2.17. The molecule has 2 aliphatic rings. The SMILES string of the molecule is Cn1c2ccccc2c2cc3cc(c21)C3. The summed E-state index contributed by atoms with van der Waals surface area (Å²) in [5, 5.41) is 2.81. The molecule has 3 aromatic rings. The summed E-state index contributed by atoms with van der Waals surface area (Å²) in [5.74, 6) is 0. The van der Waals surface area contributed by atoms with E-state index in [-0.39, 0.29) is 0 Å². The second-order valence-electron chi connectivity index (χ2n) is 4.40. The third-order valence-electron chi connectivity index (χ3n) is 3.53. The zero-order valence-corrected chi connectivity index (χ0v) is 8.62. The molecule has 5 rings (SSSR count). The van der Waals surface area contributed by atoms with Gasteiger partial charge in [-0.1, -0.05) is 24.3 Å². The topological polar surface area (TPSA) is 4.93 Å². The van der Waals surface area contributed by atoms with Gasteiger partial charge in [0.1, 0.15) is 0 Å². The molecule has 72 valence electrons. The van der Waals surface area contributed by atoms with E-state index < -0.39 is 0 Å². The van der Waals surface area contributed by atoms with Gasteiger partial charge in [0.25, 0.3) is 0 Å². The van der Waals surface area contributed by atoms with Crippen molar-refractivity contribution in [2.75, 3.05) is 0 Å². The molecule has 0 spiro atoms. The van der Waals surface area contributed by atoms with Gasteiger partial charge in [-0.05, 0) is 29.7 Å². The standard InChI is InChI=1S/C14H11N/c1-15-13-5-3-2-4-11(13)12-8-9-6-10(7-9)14(12)15/h2-6,8H,7H2,1H3. The van der Waals surface area contributed by atoms with Gasteiger partial charge >= 0.3 is 0 Å². The van der Waals surface area contributed by atoms with Crippen LogP contribution in [0.4, 0.5) is 0 Å². The van der Waals surface area contributed by atoms with Crippen molar-refractivity contribution in [3.05, 3.63) is 47.5 Å². The molecule has 0 atom stereocenters. The summed E-state index contributed by atoms with van der Waals surface area (Å²) in [5.41, 5.74) is 5.74. The predicted octanol–water partition coefficient (Wildman–Crippen LogP) is 3.24. The Kier molecular flexibility index (Phi) is 1.13. The summed E-state index contributed by atoms with van der Waals surface area (Å²) in [4.78, 5) is 0. The Bertz CT molecular complexity index is 704. The third kappa shape index (κ3) is 0.755. The van der Waals surface area contributed by atoms with Crippen LogP contribution in [0.5, 0.6) is 0 Å². The summed E-state index contributed by atoms with van der Waals surface area (Å²) < 4.78 is 2.32. The van der Waals surface area contributed by atoms with E-state index in [1.165, 1.54) is 32.9 Å². The van der Waals surface area contributed by atoms with Gasteiger partial charge in [-0.15, -0.1) is 0 Å². The van der Waals surface area contributed by atoms with Crippen molar-refractivity contribution < 1.29 is 0 Å². The van der Waals surface area contributed by atoms with Crippen LogP contribution < -0.4 is 0 Å². The van der Waals surface area contributed by atoms with E-state index in [1.807, 2.05) is 0 Å². The molecule has 2 aliphatic carbocycles. The first-order valence-electron chi connectivity index (χ1n) is 5.33. The molecule has 15 heavy (non-hydrogen) atoms. The van der Waals surface area contributed by atoms with Crippen LogP contribution in [0.3, 0.4) is 0 Å². The highest BCUT2D eigenvalue weighted by Gasteiger charge is 2.18. The van der Waals surface area contributed by atoms with Gasteiger partial charge in [0.15, 0.2) is 0 Å². The Morgan fingerprint density at radius 3 is 2.73 bits per heavy atom. The number of hydrogen-bond acceptors (Lipinski definition) is 0. The molecule has 1 nitrogen and oxygen atoms in total. The Labute approximate surface area is 87.9 Å². The number of hydrogen-bond donors (Lipinski definition) is 0. The van der Waals surface area contributed by atoms with Gasteiger partial charge in [0.05, 0.1) is 5.52 Å². The predicted molar refractivity (Wildman–Crippen MR) is 63.2 cm³/mol. The van der Waals surface area contributed by atoms with E-state index in [0.29, 0.717) is 0 Å². The second-order valence-corrected chi connectivity index (χ2v) is 4.40. The summed E-state index contributed by atoms with van der Waals surface area (Å²) in [6.07, 6.45) is 1.16. The van der Waals surface area contributed by atoms with E-state index in [2.05, 4.69) is 48.0 Å². The average molecular weight is 193 g/mol. The van der Waals surface area contributed by atoms with Crippen LogP contribution >= 0.6 is 0 Å². The zero-order valence-electron chi connectivity index (χ0n) is 8.62. The number of para-hydroxylation sites is 1. The van der Waals surface area contributed by atoms with Crippen LogP contribution in [-0.4, -0.2) is 4.57 Å². The first-order chi connectivity index (χ1) is 7.34. The number of fused-ring (bicyclic) bond motifs is 1. The number of aromatic nitrogens is 1. The fraction of sp³-hybridized carbons (Fsp3) is 0.143. The lowest BCUT2D eigenvalue weighted by molar-refractivity contribution is 0.984. The van der Waals surface area contributed by atoms with Gasteiger partial charge < -0.3 is 4.57 Å². The Morgan fingerprint density at radius 2 is 1.87 bits per heavy atom. The molecular formula is C14H11N. The van der Waals surface area contributed by atoms with E-state index in [4.69, 9.17) is 0 Å². The molecule has 0 saturated carbocycles. The van der Waals surface area contributed by atoms with Crippen LogP contribution in [0.15, 0.2) is 36.4 Å². The second kappa shape index (κ2) is 2.25. The normalized spacial score (nSPS) is 13.4. The molecule has 0 amide bonds. The highest BCUT2D eigenvalue weighted by atomic mass is 14.9. The number of benzene rings is 2. The van der Waals surface area contributed by atoms with Crippen LogP contribution in [0.1, 0.15) is 11.1 Å². The van der Waals surface area contributed by atoms with E-state index in [1.54, 1.807) is 0 Å². The van der Waals surface area contributed by atoms with Crippen molar-refractivity contribution in [3.63, 3.8) is 0 Å². The number of rotatable bonds is 0. The minimum absolute atomic E-state index is 1.16. The molecule has 0 radical (unpaired) electrons. The highest BCUT2D eigenvalue weighted by Crippen LogP contribution is 2.37. The van der Waals surface area contributed by atoms with Gasteiger partial charge in [-0.2, -0.15) is 0 Å². The van der Waals surface area contributed by atoms with Crippen molar-refractivity contribution in [3.8, 4) is 0 Å². The minimum atomic E-state index is 1.16. The van der Waals surface area contributed by atoms with Crippen LogP contribution in [0.2, 0.25) is 0 Å². The first-order valence-corrected chi connectivity index (χ1v) is 5.33. The number of aryl methyl sites for hydroxylation is 1. The number of nitrogens with zero attached hydrogens (tertiary/aromatic N) is 1. The Morgan fingerprint density at radius 1 is 1.07 bits per heavy atom. The van der Waals surface area contributed by atoms with Gasteiger partial charge in [0, 0.05) is 23.3 Å². The lowest BCUT2D eigenvalue weighted by Crippen LogP contribution is -2.03. The van der Waals surface area contributed by atoms with Crippen molar-refractivity contribution in [2.45, 2.75) is 6.42 Å². The Hall–Kier alpha value is -1.76. The van der Waals surface area contributed by atoms with E-state index in [9.17, 15) is 0 Å². The summed E-state index contributed by atoms with van der Waals surface area (Å²) in [6, 6.07) is 13.3. The monoisotopic (exact) mass is 193 g/mol. The maximum atomic E-state index is 2.34. The quantitative estimate of drug-likeness (QED) is 0.404. The average Bonchev–Trinajstić information content (AvgIpc) is 2.54. The van der Waals surface area contributed by atoms with Gasteiger partial charge in [0.2, 0.25) is 0 Å². The van der Waals surface area contributed by atoms with Crippen molar-refractivity contribution in [1.82, 2.24) is 4.57 Å². The van der Waals surface area contributed by atoms with Gasteiger partial charge in [-0.25, -0.2) is 0 Å². The lowest BCUT2D eigenvalue weighted by Gasteiger charge is -2.17. The highest BCUT2D eigenvalue weighted by molar-refractivity contribution is 6.10. The molecule has 1 heteroatoms. The van der Waals surface area contributed by atoms with Gasteiger partial charge in [-0.3, -0.25) is 0 Å². The minimum Gasteiger partial charge on any atom is -0.343 e. The molecule has 1 heterocycles. The smallest absolute Gasteiger partial charge is 0.0524 e. The maximum Gasteiger partial charge on any atom is 0.0524 e. The van der Waals surface area contributed by atoms with Crippen LogP contribution in [0, 0.1) is 0 Å². The summed E-state index contributed by atoms with van der Waals surface area (Å²) >= 11 is 0. The molecule has 2 aromatic carbocycles. The molecule has 2 bridgehead atoms. The van der Waals surface area contributed by atoms with Crippen molar-refractivity contribution in [1.29, 1.82) is 0 Å². The largest absolute Gasteiger partial charge is 0.343 e. The maximum absolute atomic E-state index is 2.34. The van der Waals surface area contributed by atoms with Crippen molar-refractivity contribution >= 4 is 21.8 Å². The molecule has 0 N–H and O–H groups in total. The molecule has 0 unspecified atom stereocenters. The van der Waals surface area contributed by atoms with E-state index >= 15 is 0 Å². The molecular weight excluding hydrogens is 182 g/mol. The molecule has 0 fully saturated rings. The first kappa shape index (κ1) is 7.52. The van der Waals surface area contributed by atoms with Crippen LogP contribution in [-0.2, 0) is 13.5 Å². The lowest BCUT2D eigenvalue weighted by atomic mass is 9.90. The fourth-order valence-electron chi connectivity index (χ4n) is 2.80. The van der Waals surface area contributed by atoms with E-state index in [0.717, 1.165) is 6.42 Å². The zero-order chi connectivity index (χ0) is 9.99. The summed E-state index contributed by atoms with van der Waals surface area (Å²) in [6.45, 7) is 0. The molecule has 0 aliphatic heterocycles. The van der Waals surface area contributed by atoms with Crippen LogP contribution in [0.25, 0.3) is 21.8 Å². The Balaban J connectivity index is 2.40. The van der Waals surface area contributed by atoms with Crippen molar-refractivity contribution in [2.24, 2.45) is 7.05 Å². The molecule has 1 aromatic heterocycles. The molecule has 0 saturated heterocycles. The third-order valence-corrected chi connectivity index (χ3v) is 3.53. The fourth-order valence-corrected chi connectivity index (χ4v) is 2.80.